The lowest BCUT2D eigenvalue weighted by Gasteiger charge is -2.15. The maximum atomic E-state index is 9.83. The van der Waals surface area contributed by atoms with Gasteiger partial charge in [-0.3, -0.25) is 4.98 Å². The Morgan fingerprint density at radius 2 is 2.04 bits per heavy atom. The van der Waals surface area contributed by atoms with E-state index in [2.05, 4.69) is 25.3 Å². The van der Waals surface area contributed by atoms with E-state index >= 15 is 0 Å². The maximum Gasteiger partial charge on any atom is 0.296 e. The molecule has 5 rings (SSSR count). The number of ether oxygens (including phenoxy) is 3. The molecule has 28 heavy (non-hydrogen) atoms. The van der Waals surface area contributed by atoms with Crippen molar-refractivity contribution < 1.29 is 19.3 Å². The molecule has 146 valence electrons. The summed E-state index contributed by atoms with van der Waals surface area (Å²) in [6.07, 6.45) is 1.84. The molecule has 0 spiro atoms. The number of halogens is 1. The standard InChI is InChI=1S/C18H18ClN5O4/c19-10-5-11-17(23-16(10)21-6-9-1-3-20-4-2-9)24-18(22-11)28-13-8-27-14-12(25)7-26-15(13)14/h1-5,12-15,25H,6-8H2,(H2,21,22,23,24)/t12-,13-,14-,15-/m1/s1. The van der Waals surface area contributed by atoms with Crippen LogP contribution in [0.1, 0.15) is 5.56 Å². The third-order valence-electron chi connectivity index (χ3n) is 4.86. The minimum atomic E-state index is -0.622. The SMILES string of the molecule is O[C@@H]1CO[C@H]2[C@@H]1OC[C@H]2Oc1nc2nc(NCc3ccncc3)c(Cl)cc2[nH]1. The molecule has 2 aliphatic heterocycles. The van der Waals surface area contributed by atoms with Crippen molar-refractivity contribution in [3.8, 4) is 6.01 Å². The Labute approximate surface area is 165 Å². The molecule has 2 aliphatic rings. The Morgan fingerprint density at radius 1 is 1.21 bits per heavy atom. The summed E-state index contributed by atoms with van der Waals surface area (Å²) in [5.41, 5.74) is 2.21. The molecule has 2 fully saturated rings. The number of pyridine rings is 2. The van der Waals surface area contributed by atoms with Crippen LogP contribution < -0.4 is 10.1 Å². The number of rotatable bonds is 5. The minimum absolute atomic E-state index is 0.249. The lowest BCUT2D eigenvalue weighted by molar-refractivity contribution is 0.00706. The van der Waals surface area contributed by atoms with Crippen LogP contribution in [0.25, 0.3) is 11.2 Å². The smallest absolute Gasteiger partial charge is 0.296 e. The van der Waals surface area contributed by atoms with Crippen LogP contribution in [0.4, 0.5) is 5.82 Å². The normalized spacial score (nSPS) is 26.5. The number of aromatic nitrogens is 4. The van der Waals surface area contributed by atoms with Gasteiger partial charge in [0.05, 0.1) is 23.8 Å². The van der Waals surface area contributed by atoms with E-state index in [1.54, 1.807) is 18.5 Å². The third-order valence-corrected chi connectivity index (χ3v) is 5.15. The Bertz CT molecular complexity index is 985. The molecule has 0 aromatic carbocycles. The summed E-state index contributed by atoms with van der Waals surface area (Å²) in [7, 11) is 0. The first-order valence-electron chi connectivity index (χ1n) is 8.94. The van der Waals surface area contributed by atoms with E-state index in [4.69, 9.17) is 25.8 Å². The lowest BCUT2D eigenvalue weighted by Crippen LogP contribution is -2.34. The van der Waals surface area contributed by atoms with Crippen molar-refractivity contribution in [2.24, 2.45) is 0 Å². The van der Waals surface area contributed by atoms with Gasteiger partial charge in [-0.25, -0.2) is 4.98 Å². The zero-order chi connectivity index (χ0) is 19.1. The van der Waals surface area contributed by atoms with Gasteiger partial charge < -0.3 is 29.6 Å². The van der Waals surface area contributed by atoms with E-state index in [-0.39, 0.29) is 24.9 Å². The average molecular weight is 404 g/mol. The van der Waals surface area contributed by atoms with Crippen molar-refractivity contribution in [1.82, 2.24) is 19.9 Å². The van der Waals surface area contributed by atoms with Gasteiger partial charge in [0.2, 0.25) is 0 Å². The molecule has 0 bridgehead atoms. The summed E-state index contributed by atoms with van der Waals surface area (Å²) in [6, 6.07) is 5.89. The highest BCUT2D eigenvalue weighted by molar-refractivity contribution is 6.33. The van der Waals surface area contributed by atoms with Gasteiger partial charge in [-0.05, 0) is 23.8 Å². The number of aliphatic hydroxyl groups is 1. The predicted octanol–water partition coefficient (Wildman–Crippen LogP) is 1.52. The largest absolute Gasteiger partial charge is 0.456 e. The van der Waals surface area contributed by atoms with Crippen LogP contribution in [0.5, 0.6) is 6.01 Å². The second-order valence-electron chi connectivity index (χ2n) is 6.76. The molecule has 0 amide bonds. The van der Waals surface area contributed by atoms with Crippen LogP contribution in [0, 0.1) is 0 Å². The van der Waals surface area contributed by atoms with Gasteiger partial charge in [-0.2, -0.15) is 4.98 Å². The zero-order valence-electron chi connectivity index (χ0n) is 14.7. The summed E-state index contributed by atoms with van der Waals surface area (Å²) in [5, 5.41) is 13.5. The van der Waals surface area contributed by atoms with E-state index in [0.717, 1.165) is 5.56 Å². The maximum absolute atomic E-state index is 9.83. The highest BCUT2D eigenvalue weighted by Gasteiger charge is 2.48. The molecule has 0 saturated carbocycles. The van der Waals surface area contributed by atoms with Gasteiger partial charge in [0.25, 0.3) is 6.01 Å². The van der Waals surface area contributed by atoms with Crippen LogP contribution in [0.2, 0.25) is 5.02 Å². The third kappa shape index (κ3) is 3.26. The van der Waals surface area contributed by atoms with E-state index in [0.29, 0.717) is 41.2 Å². The molecule has 3 aromatic heterocycles. The Balaban J connectivity index is 1.32. The van der Waals surface area contributed by atoms with Crippen LogP contribution in [0.3, 0.4) is 0 Å². The first-order valence-corrected chi connectivity index (χ1v) is 9.32. The number of anilines is 1. The summed E-state index contributed by atoms with van der Waals surface area (Å²) in [5.74, 6) is 0.538. The van der Waals surface area contributed by atoms with Gasteiger partial charge in [0.1, 0.15) is 24.1 Å². The highest BCUT2D eigenvalue weighted by atomic mass is 35.5. The van der Waals surface area contributed by atoms with Gasteiger partial charge in [0, 0.05) is 18.9 Å². The van der Waals surface area contributed by atoms with Crippen molar-refractivity contribution in [3.05, 3.63) is 41.2 Å². The number of nitrogens with one attached hydrogen (secondary N) is 2. The number of aromatic amines is 1. The molecule has 3 N–H and O–H groups in total. The topological polar surface area (TPSA) is 114 Å². The molecule has 5 heterocycles. The van der Waals surface area contributed by atoms with Crippen molar-refractivity contribution in [3.63, 3.8) is 0 Å². The fourth-order valence-corrected chi connectivity index (χ4v) is 3.67. The van der Waals surface area contributed by atoms with E-state index in [9.17, 15) is 5.11 Å². The van der Waals surface area contributed by atoms with Gasteiger partial charge in [-0.15, -0.1) is 0 Å². The number of hydrogen-bond donors (Lipinski definition) is 3. The molecule has 0 aliphatic carbocycles. The summed E-state index contributed by atoms with van der Waals surface area (Å²) >= 11 is 6.34. The fourth-order valence-electron chi connectivity index (χ4n) is 3.45. The van der Waals surface area contributed by atoms with Crippen LogP contribution >= 0.6 is 11.6 Å². The van der Waals surface area contributed by atoms with Crippen LogP contribution in [-0.2, 0) is 16.0 Å². The van der Waals surface area contributed by atoms with Crippen molar-refractivity contribution in [2.45, 2.75) is 31.0 Å². The Hall–Kier alpha value is -2.46. The Kier molecular flexibility index (Phi) is 4.52. The summed E-state index contributed by atoms with van der Waals surface area (Å²) in [6.45, 7) is 1.14. The van der Waals surface area contributed by atoms with Gasteiger partial charge in [0.15, 0.2) is 11.8 Å². The molecule has 10 heteroatoms. The summed E-state index contributed by atoms with van der Waals surface area (Å²) < 4.78 is 17.0. The second-order valence-corrected chi connectivity index (χ2v) is 7.17. The molecule has 4 atom stereocenters. The van der Waals surface area contributed by atoms with Crippen molar-refractivity contribution in [1.29, 1.82) is 0 Å². The van der Waals surface area contributed by atoms with Gasteiger partial charge in [-0.1, -0.05) is 11.6 Å². The number of imidazole rings is 1. The summed E-state index contributed by atoms with van der Waals surface area (Å²) in [4.78, 5) is 15.9. The minimum Gasteiger partial charge on any atom is -0.456 e. The second kappa shape index (κ2) is 7.17. The zero-order valence-corrected chi connectivity index (χ0v) is 15.5. The first kappa shape index (κ1) is 17.6. The van der Waals surface area contributed by atoms with E-state index in [1.165, 1.54) is 0 Å². The van der Waals surface area contributed by atoms with Crippen LogP contribution in [0.15, 0.2) is 30.6 Å². The number of fused-ring (bicyclic) bond motifs is 2. The molecule has 0 radical (unpaired) electrons. The van der Waals surface area contributed by atoms with E-state index in [1.807, 2.05) is 12.1 Å². The average Bonchev–Trinajstić information content (AvgIpc) is 3.38. The van der Waals surface area contributed by atoms with Crippen molar-refractivity contribution in [2.75, 3.05) is 18.5 Å². The number of H-pyrrole nitrogens is 1. The predicted molar refractivity (Wildman–Crippen MR) is 100 cm³/mol. The quantitative estimate of drug-likeness (QED) is 0.587. The molecule has 9 nitrogen and oxygen atoms in total. The van der Waals surface area contributed by atoms with E-state index < -0.39 is 6.10 Å². The van der Waals surface area contributed by atoms with Gasteiger partial charge >= 0.3 is 0 Å². The fraction of sp³-hybridized carbons (Fsp3) is 0.389. The van der Waals surface area contributed by atoms with Crippen LogP contribution in [-0.4, -0.2) is 62.7 Å². The number of aliphatic hydroxyl groups excluding tert-OH is 1. The molecule has 0 unspecified atom stereocenters. The first-order chi connectivity index (χ1) is 13.7. The number of hydrogen-bond acceptors (Lipinski definition) is 8. The highest BCUT2D eigenvalue weighted by Crippen LogP contribution is 2.30. The molecule has 2 saturated heterocycles. The lowest BCUT2D eigenvalue weighted by atomic mass is 10.1. The Morgan fingerprint density at radius 3 is 2.89 bits per heavy atom. The molecule has 3 aromatic rings. The van der Waals surface area contributed by atoms with Crippen molar-refractivity contribution >= 4 is 28.6 Å². The number of nitrogens with zero attached hydrogens (tertiary/aromatic N) is 3. The monoisotopic (exact) mass is 403 g/mol. The molecular formula is C18H18ClN5O4. The molecular weight excluding hydrogens is 386 g/mol.